The molecular weight excluding hydrogens is 911 g/mol. The molecule has 17 atom stereocenters. The number of nitrogens with zero attached hydrogens (tertiary/aromatic N) is 1. The second-order valence-corrected chi connectivity index (χ2v) is 21.8. The summed E-state index contributed by atoms with van der Waals surface area (Å²) in [7, 11) is 4.67. The van der Waals surface area contributed by atoms with Gasteiger partial charge in [0.25, 0.3) is 11.7 Å². The maximum Gasteiger partial charge on any atom is 0.329 e. The van der Waals surface area contributed by atoms with E-state index in [1.807, 2.05) is 58.1 Å². The molecule has 0 aromatic heterocycles. The summed E-state index contributed by atoms with van der Waals surface area (Å²) in [6, 6.07) is -1.14. The largest absolute Gasteiger partial charge is 0.460 e. The molecule has 71 heavy (non-hydrogen) atoms. The Balaban J connectivity index is 1.45. The van der Waals surface area contributed by atoms with E-state index in [2.05, 4.69) is 6.92 Å². The first-order chi connectivity index (χ1) is 33.7. The number of carbonyl (C=O) groups is 5. The van der Waals surface area contributed by atoms with Crippen molar-refractivity contribution >= 4 is 29.2 Å². The van der Waals surface area contributed by atoms with Crippen molar-refractivity contribution in [3.05, 3.63) is 47.6 Å². The molecule has 0 aromatic carbocycles. The zero-order valence-electron chi connectivity index (χ0n) is 44.5. The first-order valence-electron chi connectivity index (χ1n) is 26.4. The van der Waals surface area contributed by atoms with Crippen LogP contribution in [0.3, 0.4) is 0 Å². The van der Waals surface area contributed by atoms with Gasteiger partial charge >= 0.3 is 5.97 Å². The predicted molar refractivity (Wildman–Crippen MR) is 268 cm³/mol. The minimum Gasteiger partial charge on any atom is -0.460 e. The van der Waals surface area contributed by atoms with E-state index in [-0.39, 0.29) is 67.0 Å². The van der Waals surface area contributed by atoms with Gasteiger partial charge in [0, 0.05) is 64.4 Å². The van der Waals surface area contributed by atoms with E-state index in [1.54, 1.807) is 41.1 Å². The lowest BCUT2D eigenvalue weighted by atomic mass is 9.78. The monoisotopic (exact) mass is 998 g/mol. The summed E-state index contributed by atoms with van der Waals surface area (Å²) in [6.45, 7) is 16.2. The van der Waals surface area contributed by atoms with Crippen LogP contribution in [0.2, 0.25) is 0 Å². The predicted octanol–water partition coefficient (Wildman–Crippen LogP) is 7.24. The first kappa shape index (κ1) is 58.5. The molecule has 4 unspecified atom stereocenters. The number of hydrogen-bond acceptors (Lipinski definition) is 14. The molecule has 4 aliphatic heterocycles. The number of methoxy groups -OCH3 is 3. The lowest BCUT2D eigenvalue weighted by Gasteiger charge is -2.42. The molecule has 4 heterocycles. The highest BCUT2D eigenvalue weighted by atomic mass is 16.6. The maximum absolute atomic E-state index is 14.6. The highest BCUT2D eigenvalue weighted by Crippen LogP contribution is 2.39. The van der Waals surface area contributed by atoms with Crippen molar-refractivity contribution in [1.29, 1.82) is 0 Å². The van der Waals surface area contributed by atoms with Crippen LogP contribution in [0.4, 0.5) is 0 Å². The van der Waals surface area contributed by atoms with Crippen molar-refractivity contribution in [2.45, 2.75) is 193 Å². The highest BCUT2D eigenvalue weighted by Gasteiger charge is 2.53. The van der Waals surface area contributed by atoms with Crippen molar-refractivity contribution < 1.29 is 67.3 Å². The average molecular weight is 998 g/mol. The molecule has 0 spiro atoms. The number of fused-ring (bicyclic) bond motifs is 3. The number of hydrogen-bond donors (Lipinski definition) is 2. The molecule has 1 amide bonds. The Morgan fingerprint density at radius 2 is 1.56 bits per heavy atom. The van der Waals surface area contributed by atoms with Crippen molar-refractivity contribution in [3.8, 4) is 0 Å². The Morgan fingerprint density at radius 3 is 2.24 bits per heavy atom. The molecule has 4 fully saturated rings. The number of ketones is 3. The van der Waals surface area contributed by atoms with E-state index in [0.717, 1.165) is 18.4 Å². The van der Waals surface area contributed by atoms with E-state index in [0.29, 0.717) is 76.1 Å². The van der Waals surface area contributed by atoms with Gasteiger partial charge in [0.2, 0.25) is 5.79 Å². The van der Waals surface area contributed by atoms with Crippen molar-refractivity contribution in [1.82, 2.24) is 4.90 Å². The summed E-state index contributed by atoms with van der Waals surface area (Å²) >= 11 is 0. The van der Waals surface area contributed by atoms with Crippen molar-refractivity contribution in [2.75, 3.05) is 41.1 Å². The first-order valence-corrected chi connectivity index (χ1v) is 26.4. The molecule has 2 bridgehead atoms. The zero-order valence-corrected chi connectivity index (χ0v) is 44.5. The average Bonchev–Trinajstić information content (AvgIpc) is 3.76. The maximum atomic E-state index is 14.6. The van der Waals surface area contributed by atoms with Gasteiger partial charge in [0.1, 0.15) is 30.1 Å². The number of amides is 1. The summed E-state index contributed by atoms with van der Waals surface area (Å²) in [5.41, 5.74) is 1.28. The van der Waals surface area contributed by atoms with Crippen LogP contribution in [0.5, 0.6) is 0 Å². The molecular formula is C56H87NO14. The molecule has 5 aliphatic rings. The SMILES string of the molecule is COC1C[C@@H](C[C@H](C)[C@@H]2CC(=O)[C@H](C)/C=C(\C)C(O)[C@@H](OC)C(=O)[C@H](C)C[C@H](C)/C=C/C=C/C=C(\C)[C@@H](OC)C[C@@H]3CC[C@@H](C)[C@@](O)(O3)C(=O)C(=O)N3CCCC[C@H]3C(=O)O2)CC[C@@H]1OC1COCC1C. The summed E-state index contributed by atoms with van der Waals surface area (Å²) in [5.74, 6) is -7.53. The molecule has 0 aromatic rings. The quantitative estimate of drug-likeness (QED) is 0.140. The Morgan fingerprint density at radius 1 is 0.817 bits per heavy atom. The normalized spacial score (nSPS) is 41.2. The second kappa shape index (κ2) is 27.2. The standard InChI is InChI=1S/C56H87NO14/c1-33-17-13-12-14-18-34(2)46(65-9)29-42-22-20-40(8)56(64,71-42)53(61)54(62)57-24-16-15-19-43(57)55(63)70-47(30-44(58)35(3)26-38(6)51(60)52(67-11)50(59)37(5)25-33)36(4)27-41-21-23-45(48(28-41)66-10)69-49-32-68-31-39(49)7/h12-14,17-18,26,33,35-37,39-43,45-49,51-52,60,64H,15-16,19-25,27-32H2,1-11H3/b14-12+,17-13+,34-18+,38-26+/t33-,35-,36+,37-,39?,40-,41-,42+,43+,45+,46+,47+,48?,49?,51?,52+,56-/m1/s1. The van der Waals surface area contributed by atoms with Crippen LogP contribution < -0.4 is 0 Å². The number of allylic oxidation sites excluding steroid dienone is 6. The van der Waals surface area contributed by atoms with Gasteiger partial charge in [-0.25, -0.2) is 4.79 Å². The number of aliphatic hydroxyl groups excluding tert-OH is 1. The van der Waals surface area contributed by atoms with Gasteiger partial charge in [-0.05, 0) is 107 Å². The van der Waals surface area contributed by atoms with Crippen LogP contribution in [0.1, 0.15) is 132 Å². The minimum atomic E-state index is -2.43. The zero-order chi connectivity index (χ0) is 52.2. The molecule has 1 saturated carbocycles. The number of cyclic esters (lactones) is 1. The molecule has 15 heteroatoms. The third kappa shape index (κ3) is 15.3. The van der Waals surface area contributed by atoms with Gasteiger partial charge in [-0.3, -0.25) is 19.2 Å². The van der Waals surface area contributed by atoms with E-state index in [4.69, 9.17) is 33.2 Å². The Bertz CT molecular complexity index is 1930. The summed E-state index contributed by atoms with van der Waals surface area (Å²) in [6.07, 6.45) is 12.5. The third-order valence-corrected chi connectivity index (χ3v) is 16.1. The Labute approximate surface area is 423 Å². The van der Waals surface area contributed by atoms with Gasteiger partial charge in [0.15, 0.2) is 5.78 Å². The Kier molecular flexibility index (Phi) is 22.4. The minimum absolute atomic E-state index is 0.00585. The van der Waals surface area contributed by atoms with Gasteiger partial charge < -0.3 is 48.3 Å². The molecule has 400 valence electrons. The molecule has 1 aliphatic carbocycles. The van der Waals surface area contributed by atoms with E-state index >= 15 is 0 Å². The topological polar surface area (TPSA) is 194 Å². The summed E-state index contributed by atoms with van der Waals surface area (Å²) in [4.78, 5) is 72.5. The van der Waals surface area contributed by atoms with Gasteiger partial charge in [-0.2, -0.15) is 0 Å². The van der Waals surface area contributed by atoms with Crippen LogP contribution in [0.25, 0.3) is 0 Å². The van der Waals surface area contributed by atoms with Crippen LogP contribution in [-0.2, 0) is 57.1 Å². The fourth-order valence-corrected chi connectivity index (χ4v) is 11.3. The van der Waals surface area contributed by atoms with Crippen LogP contribution in [0.15, 0.2) is 47.6 Å². The molecule has 15 nitrogen and oxygen atoms in total. The third-order valence-electron chi connectivity index (χ3n) is 16.1. The highest BCUT2D eigenvalue weighted by molar-refractivity contribution is 6.39. The summed E-state index contributed by atoms with van der Waals surface area (Å²) < 4.78 is 42.2. The fraction of sp³-hybridized carbons (Fsp3) is 0.768. The van der Waals surface area contributed by atoms with Crippen LogP contribution >= 0.6 is 0 Å². The number of aliphatic hydroxyl groups is 2. The van der Waals surface area contributed by atoms with E-state index in [9.17, 15) is 34.2 Å². The lowest BCUT2D eigenvalue weighted by molar-refractivity contribution is -0.265. The van der Waals surface area contributed by atoms with E-state index in [1.165, 1.54) is 12.0 Å². The van der Waals surface area contributed by atoms with E-state index < -0.39 is 77.8 Å². The number of esters is 1. The van der Waals surface area contributed by atoms with Gasteiger partial charge in [-0.15, -0.1) is 0 Å². The van der Waals surface area contributed by atoms with Crippen LogP contribution in [-0.4, -0.2) is 146 Å². The number of piperidine rings is 1. The molecule has 0 radical (unpaired) electrons. The number of ether oxygens (including phenoxy) is 7. The number of Topliss-reactive ketones (excluding diaryl/α,β-unsaturated/α-hetero) is 3. The summed E-state index contributed by atoms with van der Waals surface area (Å²) in [5, 5.41) is 23.5. The van der Waals surface area contributed by atoms with Gasteiger partial charge in [-0.1, -0.05) is 78.0 Å². The van der Waals surface area contributed by atoms with Crippen molar-refractivity contribution in [3.63, 3.8) is 0 Å². The van der Waals surface area contributed by atoms with Crippen molar-refractivity contribution in [2.24, 2.45) is 41.4 Å². The number of carbonyl (C=O) groups excluding carboxylic acids is 5. The molecule has 5 rings (SSSR count). The lowest BCUT2D eigenvalue weighted by Crippen LogP contribution is -2.61. The number of rotatable bonds is 8. The smallest absolute Gasteiger partial charge is 0.329 e. The van der Waals surface area contributed by atoms with Gasteiger partial charge in [0.05, 0.1) is 43.7 Å². The fourth-order valence-electron chi connectivity index (χ4n) is 11.3. The second-order valence-electron chi connectivity index (χ2n) is 21.8. The molecule has 3 saturated heterocycles. The van der Waals surface area contributed by atoms with Crippen LogP contribution in [0, 0.1) is 41.4 Å². The molecule has 2 N–H and O–H groups in total. The Hall–Kier alpha value is -3.41.